The zero-order valence-electron chi connectivity index (χ0n) is 21.3. The van der Waals surface area contributed by atoms with Gasteiger partial charge >= 0.3 is 0 Å². The molecule has 5 rings (SSSR count). The Morgan fingerprint density at radius 1 is 1.36 bits per heavy atom. The van der Waals surface area contributed by atoms with Crippen LogP contribution in [0, 0.1) is 29.5 Å². The van der Waals surface area contributed by atoms with Gasteiger partial charge in [0.05, 0.1) is 23.3 Å². The topological polar surface area (TPSA) is 151 Å². The lowest BCUT2D eigenvalue weighted by Gasteiger charge is -2.42. The fourth-order valence-electron chi connectivity index (χ4n) is 4.83. The molecule has 0 bridgehead atoms. The fourth-order valence-corrected chi connectivity index (χ4v) is 6.51. The van der Waals surface area contributed by atoms with Crippen molar-refractivity contribution in [3.8, 4) is 6.07 Å². The molecule has 10 nitrogen and oxygen atoms in total. The third-order valence-corrected chi connectivity index (χ3v) is 8.45. The third kappa shape index (κ3) is 5.17. The first-order valence-electron chi connectivity index (χ1n) is 12.0. The summed E-state index contributed by atoms with van der Waals surface area (Å²) in [6.45, 7) is 5.67. The van der Waals surface area contributed by atoms with Crippen LogP contribution in [0.15, 0.2) is 61.9 Å². The molecule has 3 heterocycles. The summed E-state index contributed by atoms with van der Waals surface area (Å²) in [5.41, 5.74) is 7.39. The molecule has 0 radical (unpaired) electrons. The number of carbonyl (C=O) groups excluding carboxylic acids is 2. The van der Waals surface area contributed by atoms with Gasteiger partial charge in [0.15, 0.2) is 15.9 Å². The number of nitriles is 1. The Labute approximate surface area is 231 Å². The van der Waals surface area contributed by atoms with E-state index in [0.29, 0.717) is 38.7 Å². The minimum Gasteiger partial charge on any atom is -0.384 e. The van der Waals surface area contributed by atoms with Crippen molar-refractivity contribution in [3.63, 3.8) is 0 Å². The first-order chi connectivity index (χ1) is 18.6. The van der Waals surface area contributed by atoms with Gasteiger partial charge in [-0.25, -0.2) is 4.39 Å². The van der Waals surface area contributed by atoms with Crippen molar-refractivity contribution in [2.75, 3.05) is 16.0 Å². The van der Waals surface area contributed by atoms with Crippen molar-refractivity contribution >= 4 is 45.7 Å². The lowest BCUT2D eigenvalue weighted by Crippen LogP contribution is -2.42. The van der Waals surface area contributed by atoms with Gasteiger partial charge in [-0.05, 0) is 24.8 Å². The van der Waals surface area contributed by atoms with Crippen molar-refractivity contribution in [2.24, 2.45) is 11.1 Å². The van der Waals surface area contributed by atoms with E-state index < -0.39 is 17.2 Å². The number of halogens is 1. The summed E-state index contributed by atoms with van der Waals surface area (Å²) >= 11 is 2.34. The second-order valence-electron chi connectivity index (χ2n) is 10.0. The Kier molecular flexibility index (Phi) is 7.00. The minimum atomic E-state index is -0.920. The second kappa shape index (κ2) is 10.3. The molecule has 3 N–H and O–H groups in total. The number of allylic oxidation sites excluding steroid dienone is 3. The molecule has 2 aromatic heterocycles. The van der Waals surface area contributed by atoms with Gasteiger partial charge in [0.25, 0.3) is 0 Å². The van der Waals surface area contributed by atoms with Gasteiger partial charge in [0, 0.05) is 29.3 Å². The number of anilines is 2. The standard InChI is InChI=1S/C26H24FN7O3S2/c1-13-8-19(33-37-13)30-20(36)12-38-25-32-31-24(39-25)34-17-9-26(2,3)10-18(35)22(17)21(15(11-28)23(34)29)14-6-4-5-7-16(14)27/h4-8,21H,9-10,12,29H2,1-3H3,(H,30,33,36). The van der Waals surface area contributed by atoms with Crippen LogP contribution in [0.5, 0.6) is 0 Å². The molecule has 13 heteroatoms. The SMILES string of the molecule is Cc1cc(NC(=O)CSc2nnc(N3C(N)=C(C#N)C(c4ccccc4F)C4=C3CC(C)(C)CC4=O)s2)no1. The van der Waals surface area contributed by atoms with E-state index in [9.17, 15) is 19.2 Å². The molecule has 1 unspecified atom stereocenters. The van der Waals surface area contributed by atoms with Gasteiger partial charge in [-0.3, -0.25) is 14.5 Å². The van der Waals surface area contributed by atoms with Gasteiger partial charge in [-0.2, -0.15) is 5.26 Å². The number of thioether (sulfide) groups is 1. The Hall–Kier alpha value is -4.02. The average Bonchev–Trinajstić information content (AvgIpc) is 3.50. The third-order valence-electron chi connectivity index (χ3n) is 6.41. The number of ketones is 1. The lowest BCUT2D eigenvalue weighted by atomic mass is 9.68. The molecule has 1 atom stereocenters. The quantitative estimate of drug-likeness (QED) is 0.404. The summed E-state index contributed by atoms with van der Waals surface area (Å²) in [4.78, 5) is 27.5. The van der Waals surface area contributed by atoms with Crippen LogP contribution >= 0.6 is 23.1 Å². The molecule has 0 fully saturated rings. The van der Waals surface area contributed by atoms with Crippen LogP contribution in [-0.2, 0) is 9.59 Å². The van der Waals surface area contributed by atoms with E-state index in [-0.39, 0.29) is 40.8 Å². The molecule has 39 heavy (non-hydrogen) atoms. The van der Waals surface area contributed by atoms with Crippen LogP contribution in [-0.4, -0.2) is 32.8 Å². The summed E-state index contributed by atoms with van der Waals surface area (Å²) in [6, 6.07) is 9.83. The maximum absolute atomic E-state index is 15.0. The first-order valence-corrected chi connectivity index (χ1v) is 13.8. The maximum Gasteiger partial charge on any atom is 0.236 e. The van der Waals surface area contributed by atoms with E-state index in [4.69, 9.17) is 10.3 Å². The van der Waals surface area contributed by atoms with Gasteiger partial charge in [-0.15, -0.1) is 10.2 Å². The van der Waals surface area contributed by atoms with Crippen LogP contribution in [0.3, 0.4) is 0 Å². The lowest BCUT2D eigenvalue weighted by molar-refractivity contribution is -0.118. The summed E-state index contributed by atoms with van der Waals surface area (Å²) in [5.74, 6) is -0.895. The number of hydrogen-bond donors (Lipinski definition) is 2. The first kappa shape index (κ1) is 26.6. The molecule has 3 aromatic rings. The zero-order valence-corrected chi connectivity index (χ0v) is 23.0. The van der Waals surface area contributed by atoms with Crippen molar-refractivity contribution < 1.29 is 18.5 Å². The second-order valence-corrected chi connectivity index (χ2v) is 12.2. The highest BCUT2D eigenvalue weighted by Crippen LogP contribution is 2.51. The van der Waals surface area contributed by atoms with Crippen LogP contribution in [0.4, 0.5) is 15.3 Å². The van der Waals surface area contributed by atoms with Crippen LogP contribution in [0.1, 0.15) is 43.9 Å². The number of aromatic nitrogens is 3. The van der Waals surface area contributed by atoms with Gasteiger partial charge in [0.2, 0.25) is 11.0 Å². The number of carbonyl (C=O) groups is 2. The molecule has 0 saturated carbocycles. The number of nitrogens with zero attached hydrogens (tertiary/aromatic N) is 5. The Bertz CT molecular complexity index is 1580. The average molecular weight is 566 g/mol. The Balaban J connectivity index is 1.49. The number of nitrogens with one attached hydrogen (secondary N) is 1. The van der Waals surface area contributed by atoms with Crippen molar-refractivity contribution in [1.82, 2.24) is 15.4 Å². The Morgan fingerprint density at radius 2 is 2.13 bits per heavy atom. The van der Waals surface area contributed by atoms with E-state index in [1.165, 1.54) is 29.2 Å². The zero-order chi connectivity index (χ0) is 27.9. The highest BCUT2D eigenvalue weighted by molar-refractivity contribution is 8.01. The molecular formula is C26H24FN7O3S2. The van der Waals surface area contributed by atoms with Crippen LogP contribution < -0.4 is 16.0 Å². The molecule has 200 valence electrons. The van der Waals surface area contributed by atoms with Gasteiger partial charge in [-0.1, -0.05) is 60.3 Å². The smallest absolute Gasteiger partial charge is 0.236 e. The summed E-state index contributed by atoms with van der Waals surface area (Å²) in [6.07, 6.45) is 0.709. The van der Waals surface area contributed by atoms with Crippen LogP contribution in [0.25, 0.3) is 0 Å². The number of amides is 1. The molecule has 1 aliphatic carbocycles. The van der Waals surface area contributed by atoms with E-state index in [1.54, 1.807) is 36.1 Å². The number of hydrogen-bond acceptors (Lipinski definition) is 11. The molecule has 1 amide bonds. The molecule has 1 aromatic carbocycles. The highest BCUT2D eigenvalue weighted by Gasteiger charge is 2.46. The molecule has 0 spiro atoms. The number of Topliss-reactive ketones (excluding diaryl/α,β-unsaturated/α-hetero) is 1. The monoisotopic (exact) mass is 565 g/mol. The summed E-state index contributed by atoms with van der Waals surface area (Å²) in [7, 11) is 0. The van der Waals surface area contributed by atoms with E-state index in [0.717, 1.165) is 0 Å². The van der Waals surface area contributed by atoms with E-state index >= 15 is 0 Å². The van der Waals surface area contributed by atoms with Crippen LogP contribution in [0.2, 0.25) is 0 Å². The predicted octanol–water partition coefficient (Wildman–Crippen LogP) is 4.65. The normalized spacial score (nSPS) is 18.7. The van der Waals surface area contributed by atoms with E-state index in [2.05, 4.69) is 26.7 Å². The maximum atomic E-state index is 15.0. The van der Waals surface area contributed by atoms with Crippen molar-refractivity contribution in [2.45, 2.75) is 43.9 Å². The number of nitrogens with two attached hydrogens (primary N) is 1. The van der Waals surface area contributed by atoms with Gasteiger partial charge < -0.3 is 15.6 Å². The molecule has 1 aliphatic heterocycles. The van der Waals surface area contributed by atoms with E-state index in [1.807, 2.05) is 13.8 Å². The molecule has 0 saturated heterocycles. The number of aryl methyl sites for hydroxylation is 1. The molecular weight excluding hydrogens is 541 g/mol. The highest BCUT2D eigenvalue weighted by atomic mass is 32.2. The minimum absolute atomic E-state index is 0.0458. The number of rotatable bonds is 6. The fraction of sp³-hybridized carbons (Fsp3) is 0.308. The predicted molar refractivity (Wildman–Crippen MR) is 144 cm³/mol. The summed E-state index contributed by atoms with van der Waals surface area (Å²) in [5, 5.41) is 25.3. The van der Waals surface area contributed by atoms with Gasteiger partial charge in [0.1, 0.15) is 17.4 Å². The number of benzene rings is 1. The van der Waals surface area contributed by atoms with Crippen molar-refractivity contribution in [1.29, 1.82) is 5.26 Å². The van der Waals surface area contributed by atoms with Crippen molar-refractivity contribution in [3.05, 3.63) is 70.1 Å². The summed E-state index contributed by atoms with van der Waals surface area (Å²) < 4.78 is 20.4. The Morgan fingerprint density at radius 3 is 2.82 bits per heavy atom. The molecule has 2 aliphatic rings. The largest absolute Gasteiger partial charge is 0.384 e.